The average Bonchev–Trinajstić information content (AvgIpc) is 2.47. The lowest BCUT2D eigenvalue weighted by Gasteiger charge is -2.28. The summed E-state index contributed by atoms with van der Waals surface area (Å²) in [6.07, 6.45) is 4.25. The van der Waals surface area contributed by atoms with Crippen LogP contribution in [0.25, 0.3) is 0 Å². The molecule has 0 radical (unpaired) electrons. The molecule has 8 heteroatoms. The lowest BCUT2D eigenvalue weighted by molar-refractivity contribution is -0.870. The number of nitrogens with zero attached hydrogens (tertiary/aromatic N) is 1. The van der Waals surface area contributed by atoms with Crippen molar-refractivity contribution in [3.63, 3.8) is 0 Å². The van der Waals surface area contributed by atoms with E-state index in [1.165, 1.54) is 0 Å². The standard InChI is InChI=1S/C16H34NO6P/c1-6-8-9-12-21-16(14-20-11-7-2)15-23-24(18,19)22-13-10-17(3,4)5/h7,16H,2,6,8-15H2,1,3-5H3. The van der Waals surface area contributed by atoms with E-state index in [1.807, 2.05) is 21.1 Å². The van der Waals surface area contributed by atoms with Crippen LogP contribution in [0.15, 0.2) is 12.7 Å². The van der Waals surface area contributed by atoms with Crippen molar-refractivity contribution in [1.29, 1.82) is 0 Å². The van der Waals surface area contributed by atoms with Gasteiger partial charge in [0.25, 0.3) is 7.82 Å². The van der Waals surface area contributed by atoms with Gasteiger partial charge in [-0.3, -0.25) is 4.57 Å². The number of phosphoric ester groups is 1. The number of phosphoric acid groups is 1. The number of quaternary nitrogens is 1. The molecule has 144 valence electrons. The maximum Gasteiger partial charge on any atom is 0.268 e. The van der Waals surface area contributed by atoms with Crippen molar-refractivity contribution in [2.24, 2.45) is 0 Å². The van der Waals surface area contributed by atoms with Gasteiger partial charge in [-0.1, -0.05) is 25.8 Å². The highest BCUT2D eigenvalue weighted by atomic mass is 31.2. The second-order valence-corrected chi connectivity index (χ2v) is 8.03. The topological polar surface area (TPSA) is 77.1 Å². The van der Waals surface area contributed by atoms with Crippen molar-refractivity contribution in [1.82, 2.24) is 0 Å². The van der Waals surface area contributed by atoms with E-state index in [2.05, 4.69) is 13.5 Å². The van der Waals surface area contributed by atoms with E-state index < -0.39 is 13.9 Å². The zero-order valence-corrected chi connectivity index (χ0v) is 16.5. The third-order valence-electron chi connectivity index (χ3n) is 3.07. The maximum absolute atomic E-state index is 11.8. The highest BCUT2D eigenvalue weighted by molar-refractivity contribution is 7.45. The first-order chi connectivity index (χ1) is 11.2. The lowest BCUT2D eigenvalue weighted by atomic mass is 10.3. The van der Waals surface area contributed by atoms with Crippen LogP contribution in [0.3, 0.4) is 0 Å². The molecule has 2 atom stereocenters. The monoisotopic (exact) mass is 367 g/mol. The van der Waals surface area contributed by atoms with Crippen molar-refractivity contribution in [3.8, 4) is 0 Å². The van der Waals surface area contributed by atoms with E-state index in [9.17, 15) is 9.46 Å². The van der Waals surface area contributed by atoms with Crippen LogP contribution in [-0.2, 0) is 23.1 Å². The van der Waals surface area contributed by atoms with Crippen molar-refractivity contribution < 1.29 is 32.5 Å². The van der Waals surface area contributed by atoms with Crippen LogP contribution in [0.2, 0.25) is 0 Å². The third kappa shape index (κ3) is 15.3. The molecule has 0 aliphatic carbocycles. The molecule has 0 aliphatic heterocycles. The summed E-state index contributed by atoms with van der Waals surface area (Å²) in [4.78, 5) is 11.8. The maximum atomic E-state index is 11.8. The van der Waals surface area contributed by atoms with Crippen LogP contribution >= 0.6 is 7.82 Å². The minimum Gasteiger partial charge on any atom is -0.756 e. The summed E-state index contributed by atoms with van der Waals surface area (Å²) in [5.74, 6) is 0. The lowest BCUT2D eigenvalue weighted by Crippen LogP contribution is -2.37. The first kappa shape index (κ1) is 23.7. The molecule has 0 saturated carbocycles. The fourth-order valence-electron chi connectivity index (χ4n) is 1.67. The van der Waals surface area contributed by atoms with Gasteiger partial charge in [0.2, 0.25) is 0 Å². The molecule has 2 unspecified atom stereocenters. The van der Waals surface area contributed by atoms with E-state index in [0.717, 1.165) is 19.3 Å². The molecule has 0 amide bonds. The van der Waals surface area contributed by atoms with Crippen LogP contribution in [0, 0.1) is 0 Å². The van der Waals surface area contributed by atoms with Crippen molar-refractivity contribution in [2.75, 3.05) is 60.7 Å². The van der Waals surface area contributed by atoms with Gasteiger partial charge < -0.3 is 27.9 Å². The summed E-state index contributed by atoms with van der Waals surface area (Å²) in [7, 11) is 1.53. The van der Waals surface area contributed by atoms with Gasteiger partial charge in [0.05, 0.1) is 41.0 Å². The molecule has 0 bridgehead atoms. The number of rotatable bonds is 16. The largest absolute Gasteiger partial charge is 0.756 e. The Kier molecular flexibility index (Phi) is 12.9. The normalized spacial score (nSPS) is 15.9. The molecule has 0 spiro atoms. The number of likely N-dealkylation sites (N-methyl/N-ethyl adjacent to an activating group) is 1. The molecule has 7 nitrogen and oxygen atoms in total. The Morgan fingerprint density at radius 1 is 1.17 bits per heavy atom. The van der Waals surface area contributed by atoms with Gasteiger partial charge in [0.15, 0.2) is 0 Å². The fraction of sp³-hybridized carbons (Fsp3) is 0.875. The Hall–Kier alpha value is -0.270. The van der Waals surface area contributed by atoms with Crippen molar-refractivity contribution in [2.45, 2.75) is 32.3 Å². The summed E-state index contributed by atoms with van der Waals surface area (Å²) >= 11 is 0. The van der Waals surface area contributed by atoms with Crippen LogP contribution in [0.4, 0.5) is 0 Å². The van der Waals surface area contributed by atoms with Gasteiger partial charge in [0, 0.05) is 6.61 Å². The molecule has 0 aromatic carbocycles. The highest BCUT2D eigenvalue weighted by Gasteiger charge is 2.17. The smallest absolute Gasteiger partial charge is 0.268 e. The zero-order chi connectivity index (χ0) is 18.5. The molecular weight excluding hydrogens is 333 g/mol. The van der Waals surface area contributed by atoms with Crippen molar-refractivity contribution in [3.05, 3.63) is 12.7 Å². The molecule has 24 heavy (non-hydrogen) atoms. The first-order valence-electron chi connectivity index (χ1n) is 8.41. The van der Waals surface area contributed by atoms with E-state index in [0.29, 0.717) is 24.2 Å². The predicted octanol–water partition coefficient (Wildman–Crippen LogP) is 1.97. The summed E-state index contributed by atoms with van der Waals surface area (Å²) < 4.78 is 33.2. The molecule has 0 aliphatic rings. The highest BCUT2D eigenvalue weighted by Crippen LogP contribution is 2.38. The molecule has 0 fully saturated rings. The van der Waals surface area contributed by atoms with Gasteiger partial charge in [-0.25, -0.2) is 0 Å². The molecule has 0 aromatic heterocycles. The van der Waals surface area contributed by atoms with E-state index in [4.69, 9.17) is 18.5 Å². The first-order valence-corrected chi connectivity index (χ1v) is 9.87. The summed E-state index contributed by atoms with van der Waals surface area (Å²) in [6.45, 7) is 7.38. The number of ether oxygens (including phenoxy) is 2. The van der Waals surface area contributed by atoms with Crippen LogP contribution < -0.4 is 4.89 Å². The number of unbranched alkanes of at least 4 members (excludes halogenated alkanes) is 2. The number of hydrogen-bond donors (Lipinski definition) is 0. The van der Waals surface area contributed by atoms with Crippen molar-refractivity contribution >= 4 is 7.82 Å². The van der Waals surface area contributed by atoms with E-state index >= 15 is 0 Å². The van der Waals surface area contributed by atoms with Gasteiger partial charge in [-0.2, -0.15) is 0 Å². The van der Waals surface area contributed by atoms with Gasteiger partial charge in [-0.05, 0) is 6.42 Å². The minimum absolute atomic E-state index is 0.0826. The predicted molar refractivity (Wildman–Crippen MR) is 92.7 cm³/mol. The zero-order valence-electron chi connectivity index (χ0n) is 15.6. The van der Waals surface area contributed by atoms with Crippen LogP contribution in [-0.4, -0.2) is 71.3 Å². The van der Waals surface area contributed by atoms with Crippen LogP contribution in [0.5, 0.6) is 0 Å². The summed E-state index contributed by atoms with van der Waals surface area (Å²) in [5.41, 5.74) is 0. The Morgan fingerprint density at radius 3 is 2.46 bits per heavy atom. The second kappa shape index (κ2) is 13.0. The Bertz CT molecular complexity index is 372. The third-order valence-corrected chi connectivity index (χ3v) is 4.04. The quantitative estimate of drug-likeness (QED) is 0.180. The van der Waals surface area contributed by atoms with E-state index in [-0.39, 0.29) is 19.8 Å². The Labute approximate surface area is 146 Å². The Balaban J connectivity index is 4.22. The summed E-state index contributed by atoms with van der Waals surface area (Å²) in [6, 6.07) is 0. The molecule has 0 saturated heterocycles. The number of hydrogen-bond acceptors (Lipinski definition) is 6. The molecule has 0 rings (SSSR count). The minimum atomic E-state index is -4.33. The van der Waals surface area contributed by atoms with Gasteiger partial charge in [-0.15, -0.1) is 6.58 Å². The van der Waals surface area contributed by atoms with Crippen LogP contribution in [0.1, 0.15) is 26.2 Å². The molecule has 0 N–H and O–H groups in total. The SMILES string of the molecule is C=CCOCC(COP(=O)([O-])OCC[N+](C)(C)C)OCCCCC. The molecule has 0 heterocycles. The Morgan fingerprint density at radius 2 is 1.88 bits per heavy atom. The molecule has 0 aromatic rings. The van der Waals surface area contributed by atoms with Gasteiger partial charge in [0.1, 0.15) is 19.3 Å². The van der Waals surface area contributed by atoms with E-state index in [1.54, 1.807) is 6.08 Å². The van der Waals surface area contributed by atoms with Gasteiger partial charge >= 0.3 is 0 Å². The average molecular weight is 367 g/mol. The molecular formula is C16H34NO6P. The summed E-state index contributed by atoms with van der Waals surface area (Å²) in [5, 5.41) is 0. The second-order valence-electron chi connectivity index (χ2n) is 6.62. The fourth-order valence-corrected chi connectivity index (χ4v) is 2.40.